The molecular weight excluding hydrogens is 406 g/mol. The Kier molecular flexibility index (Phi) is 6.99. The van der Waals surface area contributed by atoms with Gasteiger partial charge in [-0.05, 0) is 41.7 Å². The molecule has 0 aliphatic carbocycles. The molecule has 0 saturated carbocycles. The largest absolute Gasteiger partial charge is 0.458 e. The van der Waals surface area contributed by atoms with E-state index in [1.807, 2.05) is 45.9 Å². The van der Waals surface area contributed by atoms with E-state index in [4.69, 9.17) is 4.74 Å². The van der Waals surface area contributed by atoms with Gasteiger partial charge in [0.15, 0.2) is 0 Å². The second-order valence-corrected chi connectivity index (χ2v) is 8.98. The van der Waals surface area contributed by atoms with Crippen molar-refractivity contribution in [2.45, 2.75) is 52.7 Å². The van der Waals surface area contributed by atoms with Crippen molar-refractivity contribution >= 4 is 22.8 Å². The fraction of sp³-hybridized carbons (Fsp3) is 0.400. The van der Waals surface area contributed by atoms with Crippen molar-refractivity contribution in [1.29, 1.82) is 0 Å². The van der Waals surface area contributed by atoms with Crippen molar-refractivity contribution in [3.05, 3.63) is 65.1 Å². The van der Waals surface area contributed by atoms with Crippen LogP contribution in [0.25, 0.3) is 10.9 Å². The molecule has 0 aliphatic rings. The Balaban J connectivity index is 2.02. The number of aromatic amines is 1. The average molecular weight is 438 g/mol. The van der Waals surface area contributed by atoms with Crippen molar-refractivity contribution in [2.75, 3.05) is 7.05 Å². The van der Waals surface area contributed by atoms with Crippen molar-refractivity contribution in [1.82, 2.24) is 15.3 Å². The molecule has 3 aromatic rings. The first-order chi connectivity index (χ1) is 15.2. The quantitative estimate of drug-likeness (QED) is 0.476. The lowest BCUT2D eigenvalue weighted by Gasteiger charge is -2.30. The van der Waals surface area contributed by atoms with Gasteiger partial charge in [-0.2, -0.15) is 0 Å². The maximum Gasteiger partial charge on any atom is 0.338 e. The number of esters is 1. The minimum absolute atomic E-state index is 0.0417. The molecule has 2 heterocycles. The Morgan fingerprint density at radius 3 is 2.62 bits per heavy atom. The molecule has 0 saturated heterocycles. The topological polar surface area (TPSA) is 104 Å². The number of nitrogens with zero attached hydrogens (tertiary/aromatic N) is 1. The zero-order valence-electron chi connectivity index (χ0n) is 19.2. The van der Waals surface area contributed by atoms with Crippen LogP contribution in [0.3, 0.4) is 0 Å². The predicted octanol–water partition coefficient (Wildman–Crippen LogP) is 4.38. The average Bonchev–Trinajstić information content (AvgIpc) is 3.25. The van der Waals surface area contributed by atoms with Crippen LogP contribution in [0.5, 0.6) is 0 Å². The first-order valence-electron chi connectivity index (χ1n) is 10.8. The van der Waals surface area contributed by atoms with E-state index in [0.29, 0.717) is 5.56 Å². The zero-order valence-corrected chi connectivity index (χ0v) is 19.2. The maximum atomic E-state index is 13.1. The van der Waals surface area contributed by atoms with E-state index < -0.39 is 18.0 Å². The van der Waals surface area contributed by atoms with Gasteiger partial charge in [0, 0.05) is 24.1 Å². The summed E-state index contributed by atoms with van der Waals surface area (Å²) in [7, 11) is 1.49. The highest BCUT2D eigenvalue weighted by molar-refractivity contribution is 5.96. The lowest BCUT2D eigenvalue weighted by Crippen LogP contribution is -2.32. The summed E-state index contributed by atoms with van der Waals surface area (Å²) in [6.45, 7) is 8.11. The van der Waals surface area contributed by atoms with E-state index in [1.165, 1.54) is 19.2 Å². The molecule has 7 nitrogen and oxygen atoms in total. The van der Waals surface area contributed by atoms with Gasteiger partial charge in [-0.25, -0.2) is 9.78 Å². The minimum atomic E-state index is -1.13. The summed E-state index contributed by atoms with van der Waals surface area (Å²) in [5.41, 5.74) is 1.70. The van der Waals surface area contributed by atoms with Crippen LogP contribution in [0.2, 0.25) is 0 Å². The Morgan fingerprint density at radius 1 is 1.22 bits per heavy atom. The molecule has 170 valence electrons. The summed E-state index contributed by atoms with van der Waals surface area (Å²) in [4.78, 5) is 32.8. The molecule has 2 unspecified atom stereocenters. The molecule has 0 spiro atoms. The van der Waals surface area contributed by atoms with Crippen LogP contribution in [-0.2, 0) is 4.74 Å². The molecule has 0 aliphatic heterocycles. The molecule has 32 heavy (non-hydrogen) atoms. The van der Waals surface area contributed by atoms with Gasteiger partial charge in [-0.3, -0.25) is 4.79 Å². The SMILES string of the molecule is CCCC(OC(=O)c1cc(C(=O)NC)nc(C(O)c2cccc3[nH]ccc23)c1)C(C)(C)C. The van der Waals surface area contributed by atoms with Gasteiger partial charge in [0.1, 0.15) is 17.9 Å². The molecule has 3 rings (SSSR count). The van der Waals surface area contributed by atoms with Crippen LogP contribution in [0.15, 0.2) is 42.6 Å². The van der Waals surface area contributed by atoms with Crippen molar-refractivity contribution in [3.63, 3.8) is 0 Å². The van der Waals surface area contributed by atoms with Crippen LogP contribution in [0.1, 0.15) is 78.7 Å². The Bertz CT molecular complexity index is 1110. The van der Waals surface area contributed by atoms with Gasteiger partial charge in [-0.15, -0.1) is 0 Å². The fourth-order valence-corrected chi connectivity index (χ4v) is 3.69. The lowest BCUT2D eigenvalue weighted by molar-refractivity contribution is -0.00623. The number of benzene rings is 1. The molecule has 0 fully saturated rings. The number of carbonyl (C=O) groups excluding carboxylic acids is 2. The summed E-state index contributed by atoms with van der Waals surface area (Å²) in [6, 6.07) is 10.3. The Hall–Kier alpha value is -3.19. The maximum absolute atomic E-state index is 13.1. The highest BCUT2D eigenvalue weighted by Gasteiger charge is 2.29. The highest BCUT2D eigenvalue weighted by atomic mass is 16.5. The van der Waals surface area contributed by atoms with Crippen LogP contribution < -0.4 is 5.32 Å². The van der Waals surface area contributed by atoms with Crippen LogP contribution in [-0.4, -0.2) is 40.1 Å². The molecule has 2 atom stereocenters. The molecule has 7 heteroatoms. The van der Waals surface area contributed by atoms with E-state index in [0.717, 1.165) is 23.7 Å². The third-order valence-electron chi connectivity index (χ3n) is 5.51. The van der Waals surface area contributed by atoms with Gasteiger partial charge in [0.2, 0.25) is 0 Å². The number of hydrogen-bond donors (Lipinski definition) is 3. The van der Waals surface area contributed by atoms with E-state index in [9.17, 15) is 14.7 Å². The standard InChI is InChI=1S/C25H31N3O4/c1-6-8-21(25(2,3)4)32-24(31)15-13-19(28-20(14-15)23(30)26-5)22(29)17-9-7-10-18-16(17)11-12-27-18/h7,9-14,21-22,27,29H,6,8H2,1-5H3,(H,26,30). The molecule has 1 amide bonds. The summed E-state index contributed by atoms with van der Waals surface area (Å²) >= 11 is 0. The third kappa shape index (κ3) is 4.99. The Morgan fingerprint density at radius 2 is 1.97 bits per heavy atom. The number of pyridine rings is 1. The number of hydrogen-bond acceptors (Lipinski definition) is 5. The van der Waals surface area contributed by atoms with Gasteiger partial charge in [-0.1, -0.05) is 46.2 Å². The Labute approximate surface area is 188 Å². The molecule has 0 radical (unpaired) electrons. The molecule has 3 N–H and O–H groups in total. The van der Waals surface area contributed by atoms with Crippen LogP contribution in [0, 0.1) is 5.41 Å². The van der Waals surface area contributed by atoms with Crippen molar-refractivity contribution in [3.8, 4) is 0 Å². The minimum Gasteiger partial charge on any atom is -0.458 e. The number of nitrogens with one attached hydrogen (secondary N) is 2. The van der Waals surface area contributed by atoms with Crippen LogP contribution in [0.4, 0.5) is 0 Å². The van der Waals surface area contributed by atoms with E-state index in [1.54, 1.807) is 12.3 Å². The van der Waals surface area contributed by atoms with Crippen molar-refractivity contribution in [2.24, 2.45) is 5.41 Å². The van der Waals surface area contributed by atoms with Gasteiger partial charge >= 0.3 is 5.97 Å². The third-order valence-corrected chi connectivity index (χ3v) is 5.51. The molecular formula is C25H31N3O4. The zero-order chi connectivity index (χ0) is 23.5. The van der Waals surface area contributed by atoms with Crippen LogP contribution >= 0.6 is 0 Å². The number of aliphatic hydroxyl groups excluding tert-OH is 1. The van der Waals surface area contributed by atoms with Crippen molar-refractivity contribution < 1.29 is 19.4 Å². The molecule has 1 aromatic carbocycles. The second-order valence-electron chi connectivity index (χ2n) is 8.98. The first kappa shape index (κ1) is 23.5. The monoisotopic (exact) mass is 437 g/mol. The molecule has 0 bridgehead atoms. The number of rotatable bonds is 7. The first-order valence-corrected chi connectivity index (χ1v) is 10.8. The number of H-pyrrole nitrogens is 1. The van der Waals surface area contributed by atoms with E-state index >= 15 is 0 Å². The number of carbonyl (C=O) groups is 2. The summed E-state index contributed by atoms with van der Waals surface area (Å²) in [6.07, 6.45) is 1.99. The number of aromatic nitrogens is 2. The summed E-state index contributed by atoms with van der Waals surface area (Å²) in [5, 5.41) is 14.5. The highest BCUT2D eigenvalue weighted by Crippen LogP contribution is 2.30. The predicted molar refractivity (Wildman–Crippen MR) is 124 cm³/mol. The normalized spacial score (nSPS) is 13.6. The number of amides is 1. The number of aliphatic hydroxyl groups is 1. The van der Waals surface area contributed by atoms with E-state index in [2.05, 4.69) is 15.3 Å². The second kappa shape index (κ2) is 9.53. The summed E-state index contributed by atoms with van der Waals surface area (Å²) < 4.78 is 5.82. The number of ether oxygens (including phenoxy) is 1. The van der Waals surface area contributed by atoms with Gasteiger partial charge < -0.3 is 20.1 Å². The van der Waals surface area contributed by atoms with Gasteiger partial charge in [0.05, 0.1) is 11.3 Å². The number of fused-ring (bicyclic) bond motifs is 1. The lowest BCUT2D eigenvalue weighted by atomic mass is 9.86. The van der Waals surface area contributed by atoms with Gasteiger partial charge in [0.25, 0.3) is 5.91 Å². The van der Waals surface area contributed by atoms with E-state index in [-0.39, 0.29) is 28.5 Å². The smallest absolute Gasteiger partial charge is 0.338 e. The fourth-order valence-electron chi connectivity index (χ4n) is 3.69. The molecule has 2 aromatic heterocycles. The summed E-state index contributed by atoms with van der Waals surface area (Å²) in [5.74, 6) is -0.992.